The Morgan fingerprint density at radius 1 is 1.55 bits per heavy atom. The van der Waals surface area contributed by atoms with E-state index in [-0.39, 0.29) is 11.9 Å². The van der Waals surface area contributed by atoms with Crippen molar-refractivity contribution >= 4 is 17.3 Å². The van der Waals surface area contributed by atoms with E-state index in [4.69, 9.17) is 10.5 Å². The number of carbonyl (C=O) groups is 1. The van der Waals surface area contributed by atoms with Crippen LogP contribution in [0.2, 0.25) is 0 Å². The fourth-order valence-electron chi connectivity index (χ4n) is 2.73. The Labute approximate surface area is 120 Å². The Bertz CT molecular complexity index is 490. The van der Waals surface area contributed by atoms with Gasteiger partial charge in [0.25, 0.3) is 0 Å². The molecule has 5 nitrogen and oxygen atoms in total. The molecule has 1 aromatic rings. The lowest BCUT2D eigenvalue weighted by atomic mass is 10.2. The molecule has 1 heterocycles. The average Bonchev–Trinajstić information content (AvgIpc) is 2.85. The molecule has 1 saturated heterocycles. The van der Waals surface area contributed by atoms with E-state index in [2.05, 4.69) is 17.1 Å². The van der Waals surface area contributed by atoms with Gasteiger partial charge in [0.1, 0.15) is 5.75 Å². The fraction of sp³-hybridized carbons (Fsp3) is 0.533. The summed E-state index contributed by atoms with van der Waals surface area (Å²) in [6.07, 6.45) is 2.31. The molecule has 1 fully saturated rings. The highest BCUT2D eigenvalue weighted by molar-refractivity contribution is 5.96. The van der Waals surface area contributed by atoms with Crippen LogP contribution in [0.5, 0.6) is 5.75 Å². The fourth-order valence-corrected chi connectivity index (χ4v) is 2.73. The van der Waals surface area contributed by atoms with Crippen molar-refractivity contribution in [1.29, 1.82) is 0 Å². The van der Waals surface area contributed by atoms with Gasteiger partial charge in [-0.2, -0.15) is 0 Å². The molecule has 0 saturated carbocycles. The minimum absolute atomic E-state index is 0.0122. The molecular weight excluding hydrogens is 254 g/mol. The zero-order valence-corrected chi connectivity index (χ0v) is 12.3. The molecule has 110 valence electrons. The summed E-state index contributed by atoms with van der Waals surface area (Å²) in [4.78, 5) is 14.6. The van der Waals surface area contributed by atoms with Crippen LogP contribution in [-0.2, 0) is 4.79 Å². The summed E-state index contributed by atoms with van der Waals surface area (Å²) in [7, 11) is 1.57. The van der Waals surface area contributed by atoms with Crippen LogP contribution < -0.4 is 15.8 Å². The van der Waals surface area contributed by atoms with E-state index >= 15 is 0 Å². The van der Waals surface area contributed by atoms with Crippen molar-refractivity contribution in [2.45, 2.75) is 38.8 Å². The van der Waals surface area contributed by atoms with E-state index < -0.39 is 0 Å². The molecule has 1 aromatic carbocycles. The van der Waals surface area contributed by atoms with Gasteiger partial charge in [-0.3, -0.25) is 9.69 Å². The van der Waals surface area contributed by atoms with Crippen molar-refractivity contribution in [2.24, 2.45) is 0 Å². The summed E-state index contributed by atoms with van der Waals surface area (Å²) in [5, 5.41) is 2.92. The third kappa shape index (κ3) is 3.04. The predicted octanol–water partition coefficient (Wildman–Crippen LogP) is 2.09. The van der Waals surface area contributed by atoms with Gasteiger partial charge in [0.2, 0.25) is 5.91 Å². The first-order valence-corrected chi connectivity index (χ1v) is 7.03. The first-order valence-electron chi connectivity index (χ1n) is 7.03. The number of hydrogen-bond donors (Lipinski definition) is 2. The van der Waals surface area contributed by atoms with E-state index in [1.807, 2.05) is 6.92 Å². The first kappa shape index (κ1) is 14.7. The molecule has 2 rings (SSSR count). The molecule has 3 N–H and O–H groups in total. The lowest BCUT2D eigenvalue weighted by molar-refractivity contribution is -0.121. The van der Waals surface area contributed by atoms with Gasteiger partial charge in [-0.05, 0) is 45.4 Å². The molecule has 2 atom stereocenters. The highest BCUT2D eigenvalue weighted by atomic mass is 16.5. The Morgan fingerprint density at radius 3 is 2.90 bits per heavy atom. The maximum atomic E-state index is 12.4. The van der Waals surface area contributed by atoms with Gasteiger partial charge in [0, 0.05) is 17.8 Å². The third-order valence-electron chi connectivity index (χ3n) is 3.96. The molecule has 0 aliphatic carbocycles. The van der Waals surface area contributed by atoms with Gasteiger partial charge in [-0.15, -0.1) is 0 Å². The van der Waals surface area contributed by atoms with Crippen LogP contribution in [0.3, 0.4) is 0 Å². The van der Waals surface area contributed by atoms with Crippen molar-refractivity contribution in [1.82, 2.24) is 4.90 Å². The number of carbonyl (C=O) groups excluding carboxylic acids is 1. The van der Waals surface area contributed by atoms with Crippen molar-refractivity contribution in [3.05, 3.63) is 18.2 Å². The summed E-state index contributed by atoms with van der Waals surface area (Å²) < 4.78 is 5.25. The second-order valence-corrected chi connectivity index (χ2v) is 5.35. The summed E-state index contributed by atoms with van der Waals surface area (Å²) in [6, 6.07) is 5.55. The van der Waals surface area contributed by atoms with Crippen LogP contribution in [0.1, 0.15) is 26.7 Å². The van der Waals surface area contributed by atoms with Crippen LogP contribution in [0, 0.1) is 0 Å². The number of anilines is 2. The molecule has 5 heteroatoms. The quantitative estimate of drug-likeness (QED) is 0.827. The molecule has 2 unspecified atom stereocenters. The van der Waals surface area contributed by atoms with Crippen molar-refractivity contribution in [2.75, 3.05) is 24.7 Å². The predicted molar refractivity (Wildman–Crippen MR) is 80.9 cm³/mol. The summed E-state index contributed by atoms with van der Waals surface area (Å²) in [5.74, 6) is 0.571. The number of likely N-dealkylation sites (tertiary alicyclic amines) is 1. The van der Waals surface area contributed by atoms with Gasteiger partial charge in [0.15, 0.2) is 0 Å². The highest BCUT2D eigenvalue weighted by Gasteiger charge is 2.29. The minimum Gasteiger partial charge on any atom is -0.494 e. The van der Waals surface area contributed by atoms with Crippen LogP contribution in [0.25, 0.3) is 0 Å². The molecule has 20 heavy (non-hydrogen) atoms. The molecular formula is C15H23N3O2. The highest BCUT2D eigenvalue weighted by Crippen LogP contribution is 2.27. The zero-order valence-electron chi connectivity index (χ0n) is 12.3. The standard InChI is InChI=1S/C15H23N3O2/c1-10-5-4-8-18(10)11(2)15(19)17-13-7-6-12(16)9-14(13)20-3/h6-7,9-11H,4-5,8,16H2,1-3H3,(H,17,19). The molecule has 1 amide bonds. The monoisotopic (exact) mass is 277 g/mol. The summed E-state index contributed by atoms with van der Waals surface area (Å²) in [6.45, 7) is 5.09. The largest absolute Gasteiger partial charge is 0.494 e. The zero-order chi connectivity index (χ0) is 14.7. The van der Waals surface area contributed by atoms with Gasteiger partial charge in [0.05, 0.1) is 18.8 Å². The molecule has 1 aliphatic rings. The summed E-state index contributed by atoms with van der Waals surface area (Å²) >= 11 is 0. The number of nitrogens with two attached hydrogens (primary N) is 1. The number of amides is 1. The number of hydrogen-bond acceptors (Lipinski definition) is 4. The van der Waals surface area contributed by atoms with Crippen molar-refractivity contribution < 1.29 is 9.53 Å². The van der Waals surface area contributed by atoms with Gasteiger partial charge < -0.3 is 15.8 Å². The normalized spacial score (nSPS) is 20.6. The topological polar surface area (TPSA) is 67.6 Å². The van der Waals surface area contributed by atoms with Crippen molar-refractivity contribution in [3.8, 4) is 5.75 Å². The maximum absolute atomic E-state index is 12.4. The number of nitrogens with one attached hydrogen (secondary N) is 1. The number of benzene rings is 1. The number of nitrogens with zero attached hydrogens (tertiary/aromatic N) is 1. The van der Waals surface area contributed by atoms with Crippen LogP contribution in [0.4, 0.5) is 11.4 Å². The molecule has 0 aromatic heterocycles. The van der Waals surface area contributed by atoms with E-state index in [1.165, 1.54) is 0 Å². The van der Waals surface area contributed by atoms with Crippen LogP contribution in [-0.4, -0.2) is 36.5 Å². The SMILES string of the molecule is COc1cc(N)ccc1NC(=O)C(C)N1CCCC1C. The Morgan fingerprint density at radius 2 is 2.30 bits per heavy atom. The molecule has 0 bridgehead atoms. The lowest BCUT2D eigenvalue weighted by Gasteiger charge is -2.27. The smallest absolute Gasteiger partial charge is 0.241 e. The Hall–Kier alpha value is -1.75. The van der Waals surface area contributed by atoms with Crippen molar-refractivity contribution in [3.63, 3.8) is 0 Å². The molecule has 1 aliphatic heterocycles. The summed E-state index contributed by atoms with van der Waals surface area (Å²) in [5.41, 5.74) is 6.98. The van der Waals surface area contributed by atoms with E-state index in [1.54, 1.807) is 25.3 Å². The van der Waals surface area contributed by atoms with Gasteiger partial charge in [-0.25, -0.2) is 0 Å². The van der Waals surface area contributed by atoms with Gasteiger partial charge >= 0.3 is 0 Å². The second-order valence-electron chi connectivity index (χ2n) is 5.35. The van der Waals surface area contributed by atoms with E-state index in [0.29, 0.717) is 23.2 Å². The maximum Gasteiger partial charge on any atom is 0.241 e. The minimum atomic E-state index is -0.144. The first-order chi connectivity index (χ1) is 9.52. The number of nitrogen functional groups attached to an aromatic ring is 1. The molecule has 0 radical (unpaired) electrons. The van der Waals surface area contributed by atoms with Crippen LogP contribution >= 0.6 is 0 Å². The number of methoxy groups -OCH3 is 1. The second kappa shape index (κ2) is 6.13. The Kier molecular flexibility index (Phi) is 4.49. The number of ether oxygens (including phenoxy) is 1. The van der Waals surface area contributed by atoms with E-state index in [0.717, 1.165) is 19.4 Å². The Balaban J connectivity index is 2.07. The van der Waals surface area contributed by atoms with E-state index in [9.17, 15) is 4.79 Å². The molecule has 0 spiro atoms. The van der Waals surface area contributed by atoms with Crippen LogP contribution in [0.15, 0.2) is 18.2 Å². The lowest BCUT2D eigenvalue weighted by Crippen LogP contribution is -2.43. The number of rotatable bonds is 4. The van der Waals surface area contributed by atoms with Gasteiger partial charge in [-0.1, -0.05) is 0 Å². The average molecular weight is 277 g/mol. The third-order valence-corrected chi connectivity index (χ3v) is 3.96.